The first-order valence-electron chi connectivity index (χ1n) is 6.24. The molecule has 0 bridgehead atoms. The number of likely N-dealkylation sites (tertiary alicyclic amines) is 1. The highest BCUT2D eigenvalue weighted by Gasteiger charge is 2.22. The van der Waals surface area contributed by atoms with E-state index in [1.165, 1.54) is 0 Å². The molecule has 92 valence electrons. The lowest BCUT2D eigenvalue weighted by molar-refractivity contribution is -0.132. The average molecular weight is 226 g/mol. The predicted molar refractivity (Wildman–Crippen MR) is 62.9 cm³/mol. The highest BCUT2D eigenvalue weighted by molar-refractivity contribution is 5.77. The van der Waals surface area contributed by atoms with Crippen LogP contribution in [0, 0.1) is 0 Å². The Morgan fingerprint density at radius 3 is 2.38 bits per heavy atom. The zero-order chi connectivity index (χ0) is 12.0. The van der Waals surface area contributed by atoms with Gasteiger partial charge in [0.05, 0.1) is 0 Å². The van der Waals surface area contributed by atoms with Crippen molar-refractivity contribution in [3.8, 4) is 0 Å². The summed E-state index contributed by atoms with van der Waals surface area (Å²) in [5.41, 5.74) is 0. The summed E-state index contributed by atoms with van der Waals surface area (Å²) in [6, 6.07) is 0.264. The molecule has 1 saturated heterocycles. The second kappa shape index (κ2) is 6.51. The SMILES string of the molecule is CCCC(=O)NC1CCN(C(=O)CC)CC1. The van der Waals surface area contributed by atoms with Crippen LogP contribution >= 0.6 is 0 Å². The monoisotopic (exact) mass is 226 g/mol. The van der Waals surface area contributed by atoms with Crippen LogP contribution in [0.1, 0.15) is 46.0 Å². The Labute approximate surface area is 97.4 Å². The van der Waals surface area contributed by atoms with E-state index in [9.17, 15) is 9.59 Å². The number of piperidine rings is 1. The minimum atomic E-state index is 0.141. The van der Waals surface area contributed by atoms with E-state index in [-0.39, 0.29) is 17.9 Å². The molecular formula is C12H22N2O2. The fourth-order valence-electron chi connectivity index (χ4n) is 2.02. The first-order valence-corrected chi connectivity index (χ1v) is 6.24. The van der Waals surface area contributed by atoms with Crippen molar-refractivity contribution in [2.45, 2.75) is 52.0 Å². The Morgan fingerprint density at radius 2 is 1.88 bits per heavy atom. The number of amides is 2. The molecule has 0 radical (unpaired) electrons. The number of rotatable bonds is 4. The Bertz CT molecular complexity index is 245. The van der Waals surface area contributed by atoms with Crippen LogP contribution in [0.25, 0.3) is 0 Å². The molecule has 2 amide bonds. The lowest BCUT2D eigenvalue weighted by Gasteiger charge is -2.32. The highest BCUT2D eigenvalue weighted by Crippen LogP contribution is 2.11. The summed E-state index contributed by atoms with van der Waals surface area (Å²) in [5, 5.41) is 3.02. The molecule has 1 N–H and O–H groups in total. The zero-order valence-corrected chi connectivity index (χ0v) is 10.3. The van der Waals surface area contributed by atoms with Crippen LogP contribution in [0.3, 0.4) is 0 Å². The van der Waals surface area contributed by atoms with Crippen molar-refractivity contribution < 1.29 is 9.59 Å². The largest absolute Gasteiger partial charge is 0.353 e. The molecule has 1 aliphatic rings. The van der Waals surface area contributed by atoms with Gasteiger partial charge in [-0.3, -0.25) is 9.59 Å². The molecule has 0 aromatic heterocycles. The van der Waals surface area contributed by atoms with Gasteiger partial charge in [-0.05, 0) is 19.3 Å². The van der Waals surface area contributed by atoms with E-state index < -0.39 is 0 Å². The topological polar surface area (TPSA) is 49.4 Å². The first kappa shape index (κ1) is 13.0. The van der Waals surface area contributed by atoms with Crippen molar-refractivity contribution in [1.29, 1.82) is 0 Å². The van der Waals surface area contributed by atoms with Crippen LogP contribution in [-0.4, -0.2) is 35.8 Å². The molecule has 0 saturated carbocycles. The van der Waals surface area contributed by atoms with Crippen LogP contribution < -0.4 is 5.32 Å². The van der Waals surface area contributed by atoms with Crippen LogP contribution in [0.15, 0.2) is 0 Å². The minimum Gasteiger partial charge on any atom is -0.353 e. The standard InChI is InChI=1S/C12H22N2O2/c1-3-5-11(15)13-10-6-8-14(9-7-10)12(16)4-2/h10H,3-9H2,1-2H3,(H,13,15). The molecule has 0 atom stereocenters. The maximum absolute atomic E-state index is 11.4. The smallest absolute Gasteiger partial charge is 0.222 e. The normalized spacial score (nSPS) is 17.2. The van der Waals surface area contributed by atoms with E-state index in [0.29, 0.717) is 12.8 Å². The second-order valence-corrected chi connectivity index (χ2v) is 4.33. The summed E-state index contributed by atoms with van der Waals surface area (Å²) in [6.45, 7) is 5.45. The Morgan fingerprint density at radius 1 is 1.25 bits per heavy atom. The van der Waals surface area contributed by atoms with Crippen molar-refractivity contribution >= 4 is 11.8 Å². The Balaban J connectivity index is 2.26. The fraction of sp³-hybridized carbons (Fsp3) is 0.833. The van der Waals surface area contributed by atoms with Crippen molar-refractivity contribution in [3.05, 3.63) is 0 Å². The quantitative estimate of drug-likeness (QED) is 0.785. The lowest BCUT2D eigenvalue weighted by atomic mass is 10.0. The van der Waals surface area contributed by atoms with E-state index in [0.717, 1.165) is 32.4 Å². The lowest BCUT2D eigenvalue weighted by Crippen LogP contribution is -2.46. The summed E-state index contributed by atoms with van der Waals surface area (Å²) in [7, 11) is 0. The third-order valence-corrected chi connectivity index (χ3v) is 2.99. The van der Waals surface area contributed by atoms with E-state index in [1.807, 2.05) is 18.7 Å². The van der Waals surface area contributed by atoms with Gasteiger partial charge >= 0.3 is 0 Å². The minimum absolute atomic E-state index is 0.141. The van der Waals surface area contributed by atoms with E-state index in [4.69, 9.17) is 0 Å². The van der Waals surface area contributed by atoms with Crippen molar-refractivity contribution in [2.75, 3.05) is 13.1 Å². The van der Waals surface area contributed by atoms with Crippen molar-refractivity contribution in [1.82, 2.24) is 10.2 Å². The summed E-state index contributed by atoms with van der Waals surface area (Å²) >= 11 is 0. The molecule has 0 aromatic rings. The van der Waals surface area contributed by atoms with Gasteiger partial charge in [0.25, 0.3) is 0 Å². The second-order valence-electron chi connectivity index (χ2n) is 4.33. The molecule has 1 rings (SSSR count). The number of nitrogens with zero attached hydrogens (tertiary/aromatic N) is 1. The Hall–Kier alpha value is -1.06. The first-order chi connectivity index (χ1) is 7.67. The van der Waals surface area contributed by atoms with Gasteiger partial charge in [-0.2, -0.15) is 0 Å². The van der Waals surface area contributed by atoms with Gasteiger partial charge in [0.15, 0.2) is 0 Å². The van der Waals surface area contributed by atoms with Crippen molar-refractivity contribution in [3.63, 3.8) is 0 Å². The van der Waals surface area contributed by atoms with Crippen molar-refractivity contribution in [2.24, 2.45) is 0 Å². The third kappa shape index (κ3) is 3.83. The molecule has 4 nitrogen and oxygen atoms in total. The molecule has 0 aromatic carbocycles. The predicted octanol–water partition coefficient (Wildman–Crippen LogP) is 1.30. The molecule has 16 heavy (non-hydrogen) atoms. The fourth-order valence-corrected chi connectivity index (χ4v) is 2.02. The van der Waals surface area contributed by atoms with Crippen LogP contribution in [0.4, 0.5) is 0 Å². The summed E-state index contributed by atoms with van der Waals surface area (Å²) < 4.78 is 0. The van der Waals surface area contributed by atoms with Gasteiger partial charge in [-0.15, -0.1) is 0 Å². The summed E-state index contributed by atoms with van der Waals surface area (Å²) in [4.78, 5) is 24.7. The van der Waals surface area contributed by atoms with Gasteiger partial charge in [0.1, 0.15) is 0 Å². The molecule has 0 unspecified atom stereocenters. The molecule has 0 aliphatic carbocycles. The van der Waals surface area contributed by atoms with Gasteiger partial charge in [-0.25, -0.2) is 0 Å². The summed E-state index contributed by atoms with van der Waals surface area (Å²) in [6.07, 6.45) is 3.85. The van der Waals surface area contributed by atoms with E-state index in [1.54, 1.807) is 0 Å². The van der Waals surface area contributed by atoms with Crippen LogP contribution in [0.2, 0.25) is 0 Å². The van der Waals surface area contributed by atoms with Gasteiger partial charge < -0.3 is 10.2 Å². The number of hydrogen-bond acceptors (Lipinski definition) is 2. The number of nitrogens with one attached hydrogen (secondary N) is 1. The highest BCUT2D eigenvalue weighted by atomic mass is 16.2. The molecule has 0 spiro atoms. The van der Waals surface area contributed by atoms with Crippen LogP contribution in [-0.2, 0) is 9.59 Å². The summed E-state index contributed by atoms with van der Waals surface area (Å²) in [5.74, 6) is 0.362. The van der Waals surface area contributed by atoms with E-state index >= 15 is 0 Å². The maximum Gasteiger partial charge on any atom is 0.222 e. The molecule has 1 aliphatic heterocycles. The number of hydrogen-bond donors (Lipinski definition) is 1. The van der Waals surface area contributed by atoms with Gasteiger partial charge in [0, 0.05) is 32.0 Å². The van der Waals surface area contributed by atoms with Gasteiger partial charge in [-0.1, -0.05) is 13.8 Å². The maximum atomic E-state index is 11.4. The Kier molecular flexibility index (Phi) is 5.29. The number of carbonyl (C=O) groups excluding carboxylic acids is 2. The number of carbonyl (C=O) groups is 2. The molecule has 4 heteroatoms. The third-order valence-electron chi connectivity index (χ3n) is 2.99. The van der Waals surface area contributed by atoms with Crippen LogP contribution in [0.5, 0.6) is 0 Å². The molecule has 1 heterocycles. The molecule has 1 fully saturated rings. The zero-order valence-electron chi connectivity index (χ0n) is 10.3. The average Bonchev–Trinajstić information content (AvgIpc) is 2.29. The van der Waals surface area contributed by atoms with Gasteiger partial charge in [0.2, 0.25) is 11.8 Å². The molecular weight excluding hydrogens is 204 g/mol. The van der Waals surface area contributed by atoms with E-state index in [2.05, 4.69) is 5.32 Å².